The van der Waals surface area contributed by atoms with Gasteiger partial charge < -0.3 is 10.5 Å². The molecule has 0 bridgehead atoms. The van der Waals surface area contributed by atoms with Gasteiger partial charge in [0.1, 0.15) is 0 Å². The lowest BCUT2D eigenvalue weighted by Crippen LogP contribution is -2.32. The number of hydrogen-bond donors (Lipinski definition) is 1. The summed E-state index contributed by atoms with van der Waals surface area (Å²) in [6.45, 7) is 9.45. The van der Waals surface area contributed by atoms with Gasteiger partial charge in [-0.15, -0.1) is 0 Å². The van der Waals surface area contributed by atoms with E-state index in [4.69, 9.17) is 10.5 Å². The predicted molar refractivity (Wildman–Crippen MR) is 76.2 cm³/mol. The maximum atomic E-state index is 6.04. The fraction of sp³-hybridized carbons (Fsp3) is 0.786. The van der Waals surface area contributed by atoms with Crippen LogP contribution in [0.2, 0.25) is 0 Å². The average molecular weight is 266 g/mol. The van der Waals surface area contributed by atoms with Crippen molar-refractivity contribution in [1.29, 1.82) is 0 Å². The van der Waals surface area contributed by atoms with Crippen molar-refractivity contribution in [3.63, 3.8) is 0 Å². The Labute approximate surface area is 115 Å². The fourth-order valence-electron chi connectivity index (χ4n) is 3.16. The van der Waals surface area contributed by atoms with Crippen LogP contribution in [0.15, 0.2) is 0 Å². The van der Waals surface area contributed by atoms with E-state index in [1.807, 2.05) is 14.0 Å². The zero-order valence-electron chi connectivity index (χ0n) is 12.7. The van der Waals surface area contributed by atoms with Gasteiger partial charge in [0.15, 0.2) is 0 Å². The average Bonchev–Trinajstić information content (AvgIpc) is 2.82. The number of hydrogen-bond acceptors (Lipinski definition) is 4. The number of likely N-dealkylation sites (tertiary alicyclic amines) is 1. The molecule has 0 aliphatic carbocycles. The maximum absolute atomic E-state index is 6.04. The van der Waals surface area contributed by atoms with Crippen molar-refractivity contribution < 1.29 is 4.74 Å². The molecule has 108 valence electrons. The normalized spacial score (nSPS) is 25.8. The Morgan fingerprint density at radius 2 is 1.95 bits per heavy atom. The molecule has 1 aliphatic heterocycles. The smallest absolute Gasteiger partial charge is 0.216 e. The first-order valence-electron chi connectivity index (χ1n) is 7.01. The van der Waals surface area contributed by atoms with Crippen LogP contribution in [0.5, 0.6) is 5.88 Å². The summed E-state index contributed by atoms with van der Waals surface area (Å²) < 4.78 is 7.31. The van der Waals surface area contributed by atoms with Gasteiger partial charge in [-0.3, -0.25) is 4.90 Å². The third kappa shape index (κ3) is 2.49. The molecule has 3 unspecified atom stereocenters. The van der Waals surface area contributed by atoms with Gasteiger partial charge in [0.25, 0.3) is 0 Å². The number of nitrogens with two attached hydrogens (primary N) is 1. The summed E-state index contributed by atoms with van der Waals surface area (Å²) in [5, 5.41) is 4.47. The highest BCUT2D eigenvalue weighted by Crippen LogP contribution is 2.35. The van der Waals surface area contributed by atoms with E-state index < -0.39 is 0 Å². The number of aromatic nitrogens is 2. The van der Waals surface area contributed by atoms with Crippen LogP contribution in [0, 0.1) is 18.8 Å². The lowest BCUT2D eigenvalue weighted by atomic mass is 10.0. The molecule has 2 rings (SSSR count). The van der Waals surface area contributed by atoms with Crippen molar-refractivity contribution in [2.45, 2.75) is 26.8 Å². The number of methoxy groups -OCH3 is 1. The molecule has 0 aromatic carbocycles. The van der Waals surface area contributed by atoms with Crippen LogP contribution in [0.4, 0.5) is 0 Å². The van der Waals surface area contributed by atoms with Gasteiger partial charge in [0.05, 0.1) is 24.4 Å². The monoisotopic (exact) mass is 266 g/mol. The Morgan fingerprint density at radius 1 is 1.37 bits per heavy atom. The summed E-state index contributed by atoms with van der Waals surface area (Å²) in [6, 6.07) is 0.205. The first kappa shape index (κ1) is 14.3. The van der Waals surface area contributed by atoms with Crippen molar-refractivity contribution in [1.82, 2.24) is 14.7 Å². The van der Waals surface area contributed by atoms with Gasteiger partial charge >= 0.3 is 0 Å². The number of nitrogens with zero attached hydrogens (tertiary/aromatic N) is 3. The molecular weight excluding hydrogens is 240 g/mol. The first-order chi connectivity index (χ1) is 8.99. The molecule has 0 spiro atoms. The highest BCUT2D eigenvalue weighted by atomic mass is 16.5. The summed E-state index contributed by atoms with van der Waals surface area (Å²) in [5.74, 6) is 2.27. The molecule has 2 N–H and O–H groups in total. The van der Waals surface area contributed by atoms with E-state index in [0.717, 1.165) is 42.1 Å². The second-order valence-corrected chi connectivity index (χ2v) is 5.79. The van der Waals surface area contributed by atoms with E-state index in [9.17, 15) is 0 Å². The molecule has 0 amide bonds. The molecule has 1 aromatic heterocycles. The Hall–Kier alpha value is -1.07. The fourth-order valence-corrected chi connectivity index (χ4v) is 3.16. The van der Waals surface area contributed by atoms with Gasteiger partial charge in [-0.1, -0.05) is 13.8 Å². The SMILES string of the molecule is COc1c(C(CN)N2CC(C)C(C)C2)c(C)nn1C. The molecule has 0 saturated carbocycles. The van der Waals surface area contributed by atoms with E-state index in [2.05, 4.69) is 23.8 Å². The van der Waals surface area contributed by atoms with E-state index >= 15 is 0 Å². The minimum atomic E-state index is 0.205. The molecule has 1 aromatic rings. The van der Waals surface area contributed by atoms with Crippen LogP contribution < -0.4 is 10.5 Å². The lowest BCUT2D eigenvalue weighted by molar-refractivity contribution is 0.232. The zero-order valence-corrected chi connectivity index (χ0v) is 12.7. The van der Waals surface area contributed by atoms with Gasteiger partial charge in [-0.05, 0) is 18.8 Å². The molecule has 2 heterocycles. The second-order valence-electron chi connectivity index (χ2n) is 5.79. The van der Waals surface area contributed by atoms with E-state index in [-0.39, 0.29) is 6.04 Å². The third-order valence-corrected chi connectivity index (χ3v) is 4.42. The lowest BCUT2D eigenvalue weighted by Gasteiger charge is -2.27. The van der Waals surface area contributed by atoms with Gasteiger partial charge in [-0.2, -0.15) is 5.10 Å². The minimum Gasteiger partial charge on any atom is -0.481 e. The van der Waals surface area contributed by atoms with Gasteiger partial charge in [-0.25, -0.2) is 4.68 Å². The Balaban J connectivity index is 2.32. The topological polar surface area (TPSA) is 56.3 Å². The zero-order chi connectivity index (χ0) is 14.2. The molecule has 1 fully saturated rings. The van der Waals surface area contributed by atoms with Crippen LogP contribution in [0.1, 0.15) is 31.1 Å². The summed E-state index contributed by atoms with van der Waals surface area (Å²) in [7, 11) is 3.61. The largest absolute Gasteiger partial charge is 0.481 e. The van der Waals surface area contributed by atoms with Gasteiger partial charge in [0, 0.05) is 26.7 Å². The molecule has 19 heavy (non-hydrogen) atoms. The first-order valence-corrected chi connectivity index (χ1v) is 7.01. The van der Waals surface area contributed by atoms with Crippen molar-refractivity contribution in [3.8, 4) is 5.88 Å². The van der Waals surface area contributed by atoms with E-state index in [0.29, 0.717) is 6.54 Å². The molecule has 1 aliphatic rings. The summed E-state index contributed by atoms with van der Waals surface area (Å²) in [4.78, 5) is 2.47. The molecule has 5 nitrogen and oxygen atoms in total. The van der Waals surface area contributed by atoms with Crippen molar-refractivity contribution >= 4 is 0 Å². The van der Waals surface area contributed by atoms with Crippen LogP contribution in [0.3, 0.4) is 0 Å². The highest BCUT2D eigenvalue weighted by Gasteiger charge is 2.34. The molecule has 3 atom stereocenters. The quantitative estimate of drug-likeness (QED) is 0.893. The van der Waals surface area contributed by atoms with Crippen molar-refractivity contribution in [2.75, 3.05) is 26.7 Å². The van der Waals surface area contributed by atoms with Crippen LogP contribution >= 0.6 is 0 Å². The maximum Gasteiger partial charge on any atom is 0.216 e. The number of aryl methyl sites for hydroxylation is 2. The van der Waals surface area contributed by atoms with Crippen molar-refractivity contribution in [2.24, 2.45) is 24.6 Å². The molecule has 1 saturated heterocycles. The predicted octanol–water partition coefficient (Wildman–Crippen LogP) is 1.32. The number of rotatable bonds is 4. The third-order valence-electron chi connectivity index (χ3n) is 4.42. The Kier molecular flexibility index (Phi) is 4.16. The van der Waals surface area contributed by atoms with Gasteiger partial charge in [0.2, 0.25) is 5.88 Å². The Morgan fingerprint density at radius 3 is 2.42 bits per heavy atom. The van der Waals surface area contributed by atoms with Crippen LogP contribution in [-0.2, 0) is 7.05 Å². The summed E-state index contributed by atoms with van der Waals surface area (Å²) in [6.07, 6.45) is 0. The van der Waals surface area contributed by atoms with E-state index in [1.54, 1.807) is 11.8 Å². The Bertz CT molecular complexity index is 433. The second kappa shape index (κ2) is 5.51. The van der Waals surface area contributed by atoms with E-state index in [1.165, 1.54) is 0 Å². The molecule has 5 heteroatoms. The minimum absolute atomic E-state index is 0.205. The summed E-state index contributed by atoms with van der Waals surface area (Å²) >= 11 is 0. The molecule has 0 radical (unpaired) electrons. The number of ether oxygens (including phenoxy) is 1. The van der Waals surface area contributed by atoms with Crippen LogP contribution in [-0.4, -0.2) is 41.4 Å². The van der Waals surface area contributed by atoms with Crippen LogP contribution in [0.25, 0.3) is 0 Å². The summed E-state index contributed by atoms with van der Waals surface area (Å²) in [5.41, 5.74) is 8.21. The highest BCUT2D eigenvalue weighted by molar-refractivity contribution is 5.34. The van der Waals surface area contributed by atoms with Crippen molar-refractivity contribution in [3.05, 3.63) is 11.3 Å². The standard InChI is InChI=1S/C14H26N4O/c1-9-7-18(8-10(9)2)12(6-15)13-11(3)16-17(4)14(13)19-5/h9-10,12H,6-8,15H2,1-5H3. The molecular formula is C14H26N4O.